The monoisotopic (exact) mass is 552 g/mol. The molecule has 0 aromatic heterocycles. The number of benzene rings is 2. The first kappa shape index (κ1) is 25.8. The number of ether oxygens (including phenoxy) is 2. The van der Waals surface area contributed by atoms with Gasteiger partial charge in [-0.1, -0.05) is 24.3 Å². The molecule has 2 aromatic rings. The second-order valence-electron chi connectivity index (χ2n) is 7.55. The van der Waals surface area contributed by atoms with Gasteiger partial charge in [0.15, 0.2) is 17.5 Å². The summed E-state index contributed by atoms with van der Waals surface area (Å²) in [4.78, 5) is 18.2. The number of nitrogens with one attached hydrogen (secondary N) is 2. The summed E-state index contributed by atoms with van der Waals surface area (Å²) in [5.74, 6) is 2.35. The van der Waals surface area contributed by atoms with Crippen molar-refractivity contribution in [2.75, 3.05) is 32.1 Å². The average molecular weight is 552 g/mol. The lowest BCUT2D eigenvalue weighted by Crippen LogP contribution is -2.41. The van der Waals surface area contributed by atoms with Crippen LogP contribution in [0.15, 0.2) is 53.5 Å². The minimum atomic E-state index is -0.0730. The van der Waals surface area contributed by atoms with Crippen molar-refractivity contribution < 1.29 is 14.3 Å². The standard InChI is InChI=1S/C24H32N4O3.HI/c1-18(31-22-9-5-4-8-21(22)30-3)16-26-24(25-2)27-17-19-11-13-20(14-12-19)28-15-7-6-10-23(28)29;/h4-5,8-9,11-14,18H,6-7,10,15-17H2,1-3H3,(H2,25,26,27);1H. The van der Waals surface area contributed by atoms with Gasteiger partial charge >= 0.3 is 0 Å². The Morgan fingerprint density at radius 1 is 1.09 bits per heavy atom. The minimum absolute atomic E-state index is 0. The Kier molecular flexibility index (Phi) is 10.6. The highest BCUT2D eigenvalue weighted by Crippen LogP contribution is 2.26. The first-order chi connectivity index (χ1) is 15.1. The number of anilines is 1. The number of para-hydroxylation sites is 2. The number of halogens is 1. The molecular formula is C24H33IN4O3. The van der Waals surface area contributed by atoms with E-state index < -0.39 is 0 Å². The molecule has 0 radical (unpaired) electrons. The molecule has 1 amide bonds. The molecule has 32 heavy (non-hydrogen) atoms. The van der Waals surface area contributed by atoms with E-state index in [9.17, 15) is 4.79 Å². The van der Waals surface area contributed by atoms with Crippen LogP contribution in [-0.2, 0) is 11.3 Å². The maximum atomic E-state index is 12.1. The van der Waals surface area contributed by atoms with E-state index in [0.717, 1.165) is 36.4 Å². The molecule has 1 heterocycles. The summed E-state index contributed by atoms with van der Waals surface area (Å²) in [6.07, 6.45) is 2.63. The molecule has 8 heteroatoms. The zero-order valence-electron chi connectivity index (χ0n) is 19.0. The molecule has 1 aliphatic rings. The molecule has 2 N–H and O–H groups in total. The first-order valence-corrected chi connectivity index (χ1v) is 10.7. The summed E-state index contributed by atoms with van der Waals surface area (Å²) in [6, 6.07) is 15.7. The van der Waals surface area contributed by atoms with Gasteiger partial charge in [0.1, 0.15) is 6.10 Å². The van der Waals surface area contributed by atoms with Crippen molar-refractivity contribution in [1.82, 2.24) is 10.6 Å². The molecule has 2 aromatic carbocycles. The lowest BCUT2D eigenvalue weighted by atomic mass is 10.1. The van der Waals surface area contributed by atoms with Gasteiger partial charge in [-0.25, -0.2) is 0 Å². The molecule has 1 atom stereocenters. The van der Waals surface area contributed by atoms with Crippen molar-refractivity contribution >= 4 is 41.5 Å². The Labute approximate surface area is 207 Å². The second-order valence-corrected chi connectivity index (χ2v) is 7.55. The van der Waals surface area contributed by atoms with Crippen LogP contribution in [0, 0.1) is 0 Å². The van der Waals surface area contributed by atoms with Gasteiger partial charge in [0, 0.05) is 32.2 Å². The van der Waals surface area contributed by atoms with E-state index in [1.807, 2.05) is 60.4 Å². The van der Waals surface area contributed by atoms with Crippen LogP contribution in [0.1, 0.15) is 31.7 Å². The molecule has 0 saturated carbocycles. The van der Waals surface area contributed by atoms with Crippen molar-refractivity contribution in [2.45, 2.75) is 38.8 Å². The topological polar surface area (TPSA) is 75.2 Å². The molecule has 1 unspecified atom stereocenters. The molecule has 0 aliphatic carbocycles. The molecular weight excluding hydrogens is 519 g/mol. The molecule has 0 spiro atoms. The summed E-state index contributed by atoms with van der Waals surface area (Å²) in [6.45, 7) is 4.03. The average Bonchev–Trinajstić information content (AvgIpc) is 2.80. The van der Waals surface area contributed by atoms with E-state index in [0.29, 0.717) is 31.2 Å². The van der Waals surface area contributed by atoms with Crippen LogP contribution in [0.2, 0.25) is 0 Å². The normalized spacial score (nSPS) is 14.9. The Morgan fingerprint density at radius 2 is 1.81 bits per heavy atom. The number of carbonyl (C=O) groups is 1. The van der Waals surface area contributed by atoms with Crippen molar-refractivity contribution in [1.29, 1.82) is 0 Å². The summed E-state index contributed by atoms with van der Waals surface area (Å²) in [5, 5.41) is 6.60. The number of methoxy groups -OCH3 is 1. The maximum absolute atomic E-state index is 12.1. The molecule has 1 saturated heterocycles. The van der Waals surface area contributed by atoms with Gasteiger partial charge in [0.2, 0.25) is 5.91 Å². The van der Waals surface area contributed by atoms with E-state index in [-0.39, 0.29) is 36.0 Å². The fraction of sp³-hybridized carbons (Fsp3) is 0.417. The van der Waals surface area contributed by atoms with Crippen LogP contribution in [0.5, 0.6) is 11.5 Å². The predicted molar refractivity (Wildman–Crippen MR) is 139 cm³/mol. The second kappa shape index (κ2) is 13.1. The molecule has 1 aliphatic heterocycles. The number of aliphatic imine (C=N–C) groups is 1. The number of carbonyl (C=O) groups excluding carboxylic acids is 1. The summed E-state index contributed by atoms with van der Waals surface area (Å²) < 4.78 is 11.3. The van der Waals surface area contributed by atoms with E-state index in [4.69, 9.17) is 9.47 Å². The fourth-order valence-electron chi connectivity index (χ4n) is 3.49. The molecule has 7 nitrogen and oxygen atoms in total. The lowest BCUT2D eigenvalue weighted by Gasteiger charge is -2.26. The smallest absolute Gasteiger partial charge is 0.226 e. The number of hydrogen-bond donors (Lipinski definition) is 2. The van der Waals surface area contributed by atoms with E-state index in [1.165, 1.54) is 0 Å². The lowest BCUT2D eigenvalue weighted by molar-refractivity contribution is -0.119. The van der Waals surface area contributed by atoms with Crippen LogP contribution < -0.4 is 25.0 Å². The van der Waals surface area contributed by atoms with Gasteiger partial charge in [0.25, 0.3) is 0 Å². The third-order valence-electron chi connectivity index (χ3n) is 5.21. The van der Waals surface area contributed by atoms with E-state index in [2.05, 4.69) is 15.6 Å². The summed E-state index contributed by atoms with van der Waals surface area (Å²) in [5.41, 5.74) is 2.09. The number of guanidine groups is 1. The SMILES string of the molecule is CN=C(NCc1ccc(N2CCCCC2=O)cc1)NCC(C)Oc1ccccc1OC.I. The highest BCUT2D eigenvalue weighted by atomic mass is 127. The summed E-state index contributed by atoms with van der Waals surface area (Å²) >= 11 is 0. The third-order valence-corrected chi connectivity index (χ3v) is 5.21. The van der Waals surface area contributed by atoms with Gasteiger partial charge in [-0.15, -0.1) is 24.0 Å². The number of rotatable bonds is 8. The number of nitrogens with zero attached hydrogens (tertiary/aromatic N) is 2. The van der Waals surface area contributed by atoms with Crippen LogP contribution in [0.4, 0.5) is 5.69 Å². The fourth-order valence-corrected chi connectivity index (χ4v) is 3.49. The van der Waals surface area contributed by atoms with Crippen molar-refractivity contribution in [3.63, 3.8) is 0 Å². The minimum Gasteiger partial charge on any atom is -0.493 e. The van der Waals surface area contributed by atoms with Gasteiger partial charge < -0.3 is 25.0 Å². The van der Waals surface area contributed by atoms with Gasteiger partial charge in [0.05, 0.1) is 13.7 Å². The third kappa shape index (κ3) is 7.29. The van der Waals surface area contributed by atoms with Crippen LogP contribution in [0.25, 0.3) is 0 Å². The van der Waals surface area contributed by atoms with Gasteiger partial charge in [-0.2, -0.15) is 0 Å². The van der Waals surface area contributed by atoms with Gasteiger partial charge in [-0.05, 0) is 49.6 Å². The number of amides is 1. The number of piperidine rings is 1. The van der Waals surface area contributed by atoms with Gasteiger partial charge in [-0.3, -0.25) is 9.79 Å². The Hall–Kier alpha value is -2.49. The van der Waals surface area contributed by atoms with Crippen LogP contribution in [0.3, 0.4) is 0 Å². The highest BCUT2D eigenvalue weighted by molar-refractivity contribution is 14.0. The first-order valence-electron chi connectivity index (χ1n) is 10.7. The van der Waals surface area contributed by atoms with Crippen molar-refractivity contribution in [2.24, 2.45) is 4.99 Å². The zero-order valence-corrected chi connectivity index (χ0v) is 21.3. The Bertz CT molecular complexity index is 889. The quantitative estimate of drug-likeness (QED) is 0.295. The molecule has 0 bridgehead atoms. The van der Waals surface area contributed by atoms with Crippen molar-refractivity contribution in [3.8, 4) is 11.5 Å². The Balaban J connectivity index is 0.00000363. The van der Waals surface area contributed by atoms with E-state index in [1.54, 1.807) is 14.2 Å². The number of hydrogen-bond acceptors (Lipinski definition) is 4. The largest absolute Gasteiger partial charge is 0.493 e. The predicted octanol–water partition coefficient (Wildman–Crippen LogP) is 3.96. The molecule has 174 valence electrons. The maximum Gasteiger partial charge on any atom is 0.226 e. The highest BCUT2D eigenvalue weighted by Gasteiger charge is 2.19. The summed E-state index contributed by atoms with van der Waals surface area (Å²) in [7, 11) is 3.37. The van der Waals surface area contributed by atoms with E-state index >= 15 is 0 Å². The van der Waals surface area contributed by atoms with Crippen LogP contribution >= 0.6 is 24.0 Å². The van der Waals surface area contributed by atoms with Crippen LogP contribution in [-0.4, -0.2) is 45.2 Å². The molecule has 3 rings (SSSR count). The molecule has 1 fully saturated rings. The van der Waals surface area contributed by atoms with Crippen molar-refractivity contribution in [3.05, 3.63) is 54.1 Å². The zero-order chi connectivity index (χ0) is 22.1. The Morgan fingerprint density at radius 3 is 2.47 bits per heavy atom.